The lowest BCUT2D eigenvalue weighted by Crippen LogP contribution is -2.35. The van der Waals surface area contributed by atoms with Gasteiger partial charge in [-0.2, -0.15) is 0 Å². The third-order valence-electron chi connectivity index (χ3n) is 2.80. The normalized spacial score (nSPS) is 10.7. The van der Waals surface area contributed by atoms with Gasteiger partial charge in [0.25, 0.3) is 0 Å². The van der Waals surface area contributed by atoms with E-state index in [2.05, 4.69) is 30.4 Å². The van der Waals surface area contributed by atoms with E-state index < -0.39 is 0 Å². The second-order valence-corrected chi connectivity index (χ2v) is 4.86. The van der Waals surface area contributed by atoms with Crippen LogP contribution in [-0.4, -0.2) is 44.7 Å². The van der Waals surface area contributed by atoms with Crippen LogP contribution in [0.25, 0.3) is 0 Å². The summed E-state index contributed by atoms with van der Waals surface area (Å²) in [6.45, 7) is 4.63. The topological polar surface area (TPSA) is 41.6 Å². The summed E-state index contributed by atoms with van der Waals surface area (Å²) in [4.78, 5) is 13.7. The van der Waals surface area contributed by atoms with Crippen molar-refractivity contribution in [2.75, 3.05) is 33.9 Å². The zero-order chi connectivity index (χ0) is 14.1. The molecule has 0 unspecified atom stereocenters. The number of carbonyl (C=O) groups is 1. The standard InChI is InChI=1S/C15H24N2O2/c1-13-6-4-7-14(10-13)11-17(2)12-15(18)16-8-5-9-19-3/h4,6-7,10H,5,8-9,11-12H2,1-3H3,(H,16,18). The predicted molar refractivity (Wildman–Crippen MR) is 77.0 cm³/mol. The van der Waals surface area contributed by atoms with Crippen molar-refractivity contribution in [2.45, 2.75) is 19.9 Å². The first-order valence-corrected chi connectivity index (χ1v) is 6.61. The number of aryl methyl sites for hydroxylation is 1. The largest absolute Gasteiger partial charge is 0.385 e. The van der Waals surface area contributed by atoms with Crippen LogP contribution in [0.15, 0.2) is 24.3 Å². The molecule has 0 aromatic heterocycles. The summed E-state index contributed by atoms with van der Waals surface area (Å²) < 4.78 is 4.93. The van der Waals surface area contributed by atoms with E-state index >= 15 is 0 Å². The number of amides is 1. The number of carbonyl (C=O) groups excluding carboxylic acids is 1. The van der Waals surface area contributed by atoms with Gasteiger partial charge in [0.05, 0.1) is 6.54 Å². The zero-order valence-corrected chi connectivity index (χ0v) is 12.1. The Morgan fingerprint density at radius 1 is 1.42 bits per heavy atom. The minimum absolute atomic E-state index is 0.0613. The van der Waals surface area contributed by atoms with Crippen LogP contribution in [0.3, 0.4) is 0 Å². The van der Waals surface area contributed by atoms with Crippen molar-refractivity contribution in [2.24, 2.45) is 0 Å². The molecule has 106 valence electrons. The van der Waals surface area contributed by atoms with Gasteiger partial charge in [0.2, 0.25) is 5.91 Å². The molecular weight excluding hydrogens is 240 g/mol. The van der Waals surface area contributed by atoms with Gasteiger partial charge in [0.1, 0.15) is 0 Å². The van der Waals surface area contributed by atoms with E-state index in [-0.39, 0.29) is 5.91 Å². The first kappa shape index (κ1) is 15.7. The van der Waals surface area contributed by atoms with Gasteiger partial charge in [-0.3, -0.25) is 9.69 Å². The summed E-state index contributed by atoms with van der Waals surface area (Å²) in [6.07, 6.45) is 0.851. The van der Waals surface area contributed by atoms with Gasteiger partial charge < -0.3 is 10.1 Å². The van der Waals surface area contributed by atoms with Crippen LogP contribution in [0.2, 0.25) is 0 Å². The van der Waals surface area contributed by atoms with Crippen LogP contribution in [0.1, 0.15) is 17.5 Å². The minimum Gasteiger partial charge on any atom is -0.385 e. The van der Waals surface area contributed by atoms with Gasteiger partial charge in [-0.05, 0) is 26.0 Å². The molecule has 0 aliphatic heterocycles. The maximum atomic E-state index is 11.7. The molecule has 1 amide bonds. The van der Waals surface area contributed by atoms with Crippen LogP contribution in [0.5, 0.6) is 0 Å². The van der Waals surface area contributed by atoms with Gasteiger partial charge in [-0.1, -0.05) is 29.8 Å². The fourth-order valence-electron chi connectivity index (χ4n) is 1.92. The maximum absolute atomic E-state index is 11.7. The van der Waals surface area contributed by atoms with Crippen LogP contribution in [-0.2, 0) is 16.1 Å². The van der Waals surface area contributed by atoms with Crippen LogP contribution >= 0.6 is 0 Å². The summed E-state index contributed by atoms with van der Waals surface area (Å²) in [5, 5.41) is 2.88. The van der Waals surface area contributed by atoms with E-state index in [4.69, 9.17) is 4.74 Å². The van der Waals surface area contributed by atoms with E-state index in [0.717, 1.165) is 13.0 Å². The Kier molecular flexibility index (Phi) is 7.15. The fraction of sp³-hybridized carbons (Fsp3) is 0.533. The molecule has 4 nitrogen and oxygen atoms in total. The van der Waals surface area contributed by atoms with Crippen molar-refractivity contribution in [3.8, 4) is 0 Å². The smallest absolute Gasteiger partial charge is 0.234 e. The van der Waals surface area contributed by atoms with Crippen molar-refractivity contribution >= 4 is 5.91 Å². The molecular formula is C15H24N2O2. The number of hydrogen-bond acceptors (Lipinski definition) is 3. The first-order chi connectivity index (χ1) is 9.11. The number of ether oxygens (including phenoxy) is 1. The molecule has 0 fully saturated rings. The molecule has 0 saturated carbocycles. The molecule has 1 rings (SSSR count). The van der Waals surface area contributed by atoms with Gasteiger partial charge in [0, 0.05) is 26.8 Å². The first-order valence-electron chi connectivity index (χ1n) is 6.61. The van der Waals surface area contributed by atoms with Crippen molar-refractivity contribution in [1.82, 2.24) is 10.2 Å². The highest BCUT2D eigenvalue weighted by atomic mass is 16.5. The van der Waals surface area contributed by atoms with E-state index in [1.807, 2.05) is 18.0 Å². The van der Waals surface area contributed by atoms with Crippen LogP contribution < -0.4 is 5.32 Å². The Morgan fingerprint density at radius 3 is 2.89 bits per heavy atom. The lowest BCUT2D eigenvalue weighted by Gasteiger charge is -2.16. The number of rotatable bonds is 8. The summed E-state index contributed by atoms with van der Waals surface area (Å²) >= 11 is 0. The molecule has 0 saturated heterocycles. The average Bonchev–Trinajstić information content (AvgIpc) is 2.34. The number of likely N-dealkylation sites (N-methyl/N-ethyl adjacent to an activating group) is 1. The van der Waals surface area contributed by atoms with E-state index in [1.165, 1.54) is 11.1 Å². The highest BCUT2D eigenvalue weighted by Crippen LogP contribution is 2.06. The van der Waals surface area contributed by atoms with Gasteiger partial charge in [-0.15, -0.1) is 0 Å². The quantitative estimate of drug-likeness (QED) is 0.725. The molecule has 19 heavy (non-hydrogen) atoms. The highest BCUT2D eigenvalue weighted by molar-refractivity contribution is 5.77. The maximum Gasteiger partial charge on any atom is 0.234 e. The molecule has 0 aliphatic rings. The van der Waals surface area contributed by atoms with E-state index in [9.17, 15) is 4.79 Å². The Balaban J connectivity index is 2.26. The fourth-order valence-corrected chi connectivity index (χ4v) is 1.92. The van der Waals surface area contributed by atoms with E-state index in [0.29, 0.717) is 19.7 Å². The van der Waals surface area contributed by atoms with Crippen LogP contribution in [0.4, 0.5) is 0 Å². The third kappa shape index (κ3) is 6.94. The van der Waals surface area contributed by atoms with Gasteiger partial charge >= 0.3 is 0 Å². The molecule has 0 aliphatic carbocycles. The Bertz CT molecular complexity index is 393. The second kappa shape index (κ2) is 8.67. The molecule has 1 aromatic carbocycles. The number of methoxy groups -OCH3 is 1. The zero-order valence-electron chi connectivity index (χ0n) is 12.1. The van der Waals surface area contributed by atoms with Crippen molar-refractivity contribution in [3.63, 3.8) is 0 Å². The lowest BCUT2D eigenvalue weighted by molar-refractivity contribution is -0.122. The molecule has 0 bridgehead atoms. The Morgan fingerprint density at radius 2 is 2.21 bits per heavy atom. The molecule has 0 atom stereocenters. The highest BCUT2D eigenvalue weighted by Gasteiger charge is 2.06. The third-order valence-corrected chi connectivity index (χ3v) is 2.80. The predicted octanol–water partition coefficient (Wildman–Crippen LogP) is 1.58. The number of nitrogens with one attached hydrogen (secondary N) is 1. The summed E-state index contributed by atoms with van der Waals surface area (Å²) in [5.41, 5.74) is 2.48. The van der Waals surface area contributed by atoms with Crippen molar-refractivity contribution in [1.29, 1.82) is 0 Å². The minimum atomic E-state index is 0.0613. The van der Waals surface area contributed by atoms with Crippen LogP contribution in [0, 0.1) is 6.92 Å². The lowest BCUT2D eigenvalue weighted by atomic mass is 10.1. The van der Waals surface area contributed by atoms with Gasteiger partial charge in [0.15, 0.2) is 0 Å². The molecule has 1 aromatic rings. The Hall–Kier alpha value is -1.39. The number of nitrogens with zero attached hydrogens (tertiary/aromatic N) is 1. The van der Waals surface area contributed by atoms with E-state index in [1.54, 1.807) is 7.11 Å². The molecule has 0 heterocycles. The monoisotopic (exact) mass is 264 g/mol. The molecule has 0 radical (unpaired) electrons. The van der Waals surface area contributed by atoms with Crippen molar-refractivity contribution in [3.05, 3.63) is 35.4 Å². The summed E-state index contributed by atoms with van der Waals surface area (Å²) in [6, 6.07) is 8.35. The Labute approximate surface area is 115 Å². The van der Waals surface area contributed by atoms with Crippen molar-refractivity contribution < 1.29 is 9.53 Å². The number of benzene rings is 1. The van der Waals surface area contributed by atoms with Gasteiger partial charge in [-0.25, -0.2) is 0 Å². The molecule has 4 heteroatoms. The second-order valence-electron chi connectivity index (χ2n) is 4.86. The molecule has 0 spiro atoms. The number of hydrogen-bond donors (Lipinski definition) is 1. The SMILES string of the molecule is COCCCNC(=O)CN(C)Cc1cccc(C)c1. The summed E-state index contributed by atoms with van der Waals surface area (Å²) in [5.74, 6) is 0.0613. The molecule has 1 N–H and O–H groups in total. The average molecular weight is 264 g/mol. The summed E-state index contributed by atoms with van der Waals surface area (Å²) in [7, 11) is 3.62.